The fraction of sp³-hybridized carbons (Fsp3) is 0.779. The van der Waals surface area contributed by atoms with Gasteiger partial charge in [0.2, 0.25) is 59.1 Å². The van der Waals surface area contributed by atoms with Crippen molar-refractivity contribution in [3.05, 3.63) is 12.2 Å². The first-order valence-electron chi connectivity index (χ1n) is 33.3. The van der Waals surface area contributed by atoms with Gasteiger partial charge in [-0.15, -0.1) is 0 Å². The zero-order chi connectivity index (χ0) is 74.2. The van der Waals surface area contributed by atoms with Crippen LogP contribution in [0.4, 0.5) is 4.79 Å². The van der Waals surface area contributed by atoms with Gasteiger partial charge in [-0.1, -0.05) is 102 Å². The molecule has 0 saturated carbocycles. The van der Waals surface area contributed by atoms with Crippen molar-refractivity contribution in [3.63, 3.8) is 0 Å². The van der Waals surface area contributed by atoms with Crippen LogP contribution in [0.3, 0.4) is 0 Å². The minimum Gasteiger partial charge on any atom is -0.468 e. The van der Waals surface area contributed by atoms with Crippen molar-refractivity contribution in [2.75, 3.05) is 63.0 Å². The minimum atomic E-state index is -1.57. The number of nitrogens with one attached hydrogen (secondary N) is 4. The third-order valence-corrected chi connectivity index (χ3v) is 16.5. The Hall–Kier alpha value is -7.35. The van der Waals surface area contributed by atoms with Gasteiger partial charge in [0.1, 0.15) is 78.7 Å². The molecule has 11 amide bonds. The lowest BCUT2D eigenvalue weighted by Crippen LogP contribution is -2.64. The molecule has 0 heterocycles. The van der Waals surface area contributed by atoms with Crippen molar-refractivity contribution in [1.29, 1.82) is 0 Å². The van der Waals surface area contributed by atoms with E-state index in [-0.39, 0.29) is 49.9 Å². The standard InChI is InChI=1S/C68H121N11O16/c1-29-32-33-43(14)56(94-46(17)80)55(60(85)71-47(30-2)62(87)73(21)37-52(81)93-28)79(27)66(91)54(42(12)13)78(26)64(89)51(36-40(8)9)76(24)63(88)50(35-39(6)7)75(23)61(86)45(16)70-57(82)44(15)69-59(84)49(34-38(4)5)74(22)65(90)53(41(10)11)72-58(83)48(31-3)77(25)67(92)95-68(18,19)20/h29,32,38-45,47-51,53-56H,30-31,33-37H2,1-28H3,(H,69,84)(H,70,82)(H,71,85)(H,72,83)/b32-29+/t43-,44+,45-,47+,48+,49+,50+,51+,53+,54+,55+,56-/m1/s1. The van der Waals surface area contributed by atoms with Crippen LogP contribution in [0.15, 0.2) is 12.2 Å². The van der Waals surface area contributed by atoms with Gasteiger partial charge >= 0.3 is 18.0 Å². The number of carbonyl (C=O) groups is 13. The van der Waals surface area contributed by atoms with E-state index in [0.29, 0.717) is 6.42 Å². The Morgan fingerprint density at radius 3 is 1.36 bits per heavy atom. The zero-order valence-electron chi connectivity index (χ0n) is 62.6. The fourth-order valence-electron chi connectivity index (χ4n) is 11.0. The molecule has 0 unspecified atom stereocenters. The average Bonchev–Trinajstić information content (AvgIpc) is 0.803. The van der Waals surface area contributed by atoms with Gasteiger partial charge in [-0.3, -0.25) is 62.4 Å². The summed E-state index contributed by atoms with van der Waals surface area (Å²) in [6.45, 7) is 33.6. The molecule has 27 heteroatoms. The number of likely N-dealkylation sites (N-methyl/N-ethyl adjacent to an activating group) is 7. The summed E-state index contributed by atoms with van der Waals surface area (Å²) >= 11 is 0. The molecule has 0 rings (SSSR count). The van der Waals surface area contributed by atoms with E-state index in [1.54, 1.807) is 82.2 Å². The van der Waals surface area contributed by atoms with Gasteiger partial charge in [0.15, 0.2) is 0 Å². The first-order valence-corrected chi connectivity index (χ1v) is 33.3. The lowest BCUT2D eigenvalue weighted by Gasteiger charge is -2.42. The van der Waals surface area contributed by atoms with Crippen LogP contribution in [0.1, 0.15) is 177 Å². The molecule has 544 valence electrons. The molecule has 0 aromatic rings. The highest BCUT2D eigenvalue weighted by Gasteiger charge is 2.47. The molecule has 0 aliphatic rings. The van der Waals surface area contributed by atoms with Crippen LogP contribution in [-0.2, 0) is 71.7 Å². The van der Waals surface area contributed by atoms with E-state index >= 15 is 14.4 Å². The van der Waals surface area contributed by atoms with E-state index in [2.05, 4.69) is 21.3 Å². The highest BCUT2D eigenvalue weighted by Crippen LogP contribution is 2.27. The van der Waals surface area contributed by atoms with Crippen LogP contribution in [0.5, 0.6) is 0 Å². The van der Waals surface area contributed by atoms with E-state index < -0.39 is 174 Å². The number of rotatable bonds is 37. The second-order valence-electron chi connectivity index (χ2n) is 28.1. The van der Waals surface area contributed by atoms with Gasteiger partial charge in [0.25, 0.3) is 0 Å². The predicted octanol–water partition coefficient (Wildman–Crippen LogP) is 4.77. The molecule has 95 heavy (non-hydrogen) atoms. The van der Waals surface area contributed by atoms with Crippen molar-refractivity contribution in [3.8, 4) is 0 Å². The summed E-state index contributed by atoms with van der Waals surface area (Å²) in [6, 6.07) is -12.2. The van der Waals surface area contributed by atoms with Crippen molar-refractivity contribution in [2.24, 2.45) is 35.5 Å². The van der Waals surface area contributed by atoms with Gasteiger partial charge in [0, 0.05) is 56.3 Å². The molecule has 12 atom stereocenters. The number of nitrogens with zero attached hydrogens (tertiary/aromatic N) is 7. The highest BCUT2D eigenvalue weighted by atomic mass is 16.6. The first-order chi connectivity index (χ1) is 43.7. The fourth-order valence-corrected chi connectivity index (χ4v) is 11.0. The van der Waals surface area contributed by atoms with Gasteiger partial charge in [-0.05, 0) is 116 Å². The molecular formula is C68H121N11O16. The SMILES string of the molecule is C/C=C/C[C@@H](C)[C@@H](OC(C)=O)[C@@H](C(=O)N[C@@H](CC)C(=O)N(C)CC(=O)OC)N(C)C(=O)[C@H](C(C)C)N(C)C(=O)[C@H](CC(C)C)N(C)C(=O)[C@H](CC(C)C)N(C)C(=O)[C@@H](C)NC(=O)[C@H](C)NC(=O)[C@H](CC(C)C)N(C)C(=O)[C@@H](NC(=O)[C@H](CC)N(C)C(=O)OC(C)(C)C)C(C)C. The summed E-state index contributed by atoms with van der Waals surface area (Å²) in [5, 5.41) is 10.9. The topological polar surface area (TPSA) is 320 Å². The Balaban J connectivity index is 7.16. The third-order valence-electron chi connectivity index (χ3n) is 16.5. The number of ether oxygens (including phenoxy) is 3. The predicted molar refractivity (Wildman–Crippen MR) is 362 cm³/mol. The Morgan fingerprint density at radius 2 is 0.926 bits per heavy atom. The molecule has 0 aliphatic carbocycles. The van der Waals surface area contributed by atoms with Crippen LogP contribution in [0.2, 0.25) is 0 Å². The summed E-state index contributed by atoms with van der Waals surface area (Å²) < 4.78 is 16.1. The summed E-state index contributed by atoms with van der Waals surface area (Å²) in [6.07, 6.45) is 2.56. The molecule has 0 bridgehead atoms. The van der Waals surface area contributed by atoms with Gasteiger partial charge in [0.05, 0.1) is 7.11 Å². The second kappa shape index (κ2) is 40.3. The maximum Gasteiger partial charge on any atom is 0.410 e. The Kier molecular flexibility index (Phi) is 37.1. The molecule has 0 aromatic heterocycles. The number of hydrogen-bond acceptors (Lipinski definition) is 16. The van der Waals surface area contributed by atoms with Gasteiger partial charge in [-0.2, -0.15) is 0 Å². The zero-order valence-corrected chi connectivity index (χ0v) is 62.6. The average molecular weight is 1350 g/mol. The van der Waals surface area contributed by atoms with E-state index in [1.165, 1.54) is 102 Å². The summed E-state index contributed by atoms with van der Waals surface area (Å²) in [7, 11) is 11.0. The number of amides is 11. The molecular weight excluding hydrogens is 1230 g/mol. The number of allylic oxidation sites excluding steroid dienone is 2. The minimum absolute atomic E-state index is 0.0673. The van der Waals surface area contributed by atoms with E-state index in [1.807, 2.05) is 47.6 Å². The van der Waals surface area contributed by atoms with Crippen LogP contribution in [0, 0.1) is 35.5 Å². The normalized spacial score (nSPS) is 15.5. The Morgan fingerprint density at radius 1 is 0.474 bits per heavy atom. The lowest BCUT2D eigenvalue weighted by molar-refractivity contribution is -0.164. The monoisotopic (exact) mass is 1350 g/mol. The molecule has 0 saturated heterocycles. The van der Waals surface area contributed by atoms with Crippen LogP contribution in [-0.4, -0.2) is 247 Å². The highest BCUT2D eigenvalue weighted by molar-refractivity contribution is 5.99. The quantitative estimate of drug-likeness (QED) is 0.0370. The van der Waals surface area contributed by atoms with Gasteiger partial charge < -0.3 is 64.9 Å². The maximum absolute atomic E-state index is 15.3. The summed E-state index contributed by atoms with van der Waals surface area (Å²) in [5.74, 6) is -10.4. The van der Waals surface area contributed by atoms with Crippen LogP contribution < -0.4 is 21.3 Å². The second-order valence-corrected chi connectivity index (χ2v) is 28.1. The number of methoxy groups -OCH3 is 1. The number of carbonyl (C=O) groups excluding carboxylic acids is 13. The summed E-state index contributed by atoms with van der Waals surface area (Å²) in [5.41, 5.74) is -0.824. The van der Waals surface area contributed by atoms with Crippen LogP contribution >= 0.6 is 0 Å². The largest absolute Gasteiger partial charge is 0.468 e. The maximum atomic E-state index is 15.3. The number of hydrogen-bond donors (Lipinski definition) is 4. The van der Waals surface area contributed by atoms with E-state index in [4.69, 9.17) is 14.2 Å². The van der Waals surface area contributed by atoms with Crippen molar-refractivity contribution in [2.45, 2.75) is 249 Å². The van der Waals surface area contributed by atoms with Gasteiger partial charge in [-0.25, -0.2) is 4.79 Å². The molecule has 0 fully saturated rings. The smallest absolute Gasteiger partial charge is 0.410 e. The molecule has 0 radical (unpaired) electrons. The third kappa shape index (κ3) is 27.0. The lowest BCUT2D eigenvalue weighted by atomic mass is 9.91. The molecule has 4 N–H and O–H groups in total. The molecule has 0 spiro atoms. The van der Waals surface area contributed by atoms with E-state index in [0.717, 1.165) is 9.80 Å². The number of esters is 2. The molecule has 27 nitrogen and oxygen atoms in total. The van der Waals surface area contributed by atoms with Crippen molar-refractivity contribution in [1.82, 2.24) is 55.6 Å². The Bertz CT molecular complexity index is 2640. The summed E-state index contributed by atoms with van der Waals surface area (Å²) in [4.78, 5) is 191. The van der Waals surface area contributed by atoms with Crippen molar-refractivity contribution >= 4 is 77.1 Å². The van der Waals surface area contributed by atoms with Crippen molar-refractivity contribution < 1.29 is 76.5 Å². The van der Waals surface area contributed by atoms with Crippen LogP contribution in [0.25, 0.3) is 0 Å². The molecule has 0 aromatic carbocycles. The Labute approximate surface area is 566 Å². The molecule has 0 aliphatic heterocycles. The first kappa shape index (κ1) is 87.6. The van der Waals surface area contributed by atoms with E-state index in [9.17, 15) is 47.9 Å².